The van der Waals surface area contributed by atoms with Gasteiger partial charge in [0.2, 0.25) is 6.71 Å². The predicted molar refractivity (Wildman–Crippen MR) is 102 cm³/mol. The molecule has 0 spiro atoms. The van der Waals surface area contributed by atoms with Crippen molar-refractivity contribution in [1.82, 2.24) is 0 Å². The van der Waals surface area contributed by atoms with Gasteiger partial charge in [-0.1, -0.05) is 95.3 Å². The standard InChI is InChI=1S/C22H21BO/c1-2-24-16-20-18-12-6-8-14-21(18)23(17-10-4-3-5-11-17)22-15-9-7-13-19(20)22/h3-15,20H,2,16H2,1H3. The Morgan fingerprint density at radius 3 is 1.88 bits per heavy atom. The summed E-state index contributed by atoms with van der Waals surface area (Å²) in [6.07, 6.45) is 0. The van der Waals surface area contributed by atoms with Crippen LogP contribution in [0.5, 0.6) is 0 Å². The summed E-state index contributed by atoms with van der Waals surface area (Å²) in [7, 11) is 0. The molecule has 0 radical (unpaired) electrons. The molecular formula is C22H21BO. The van der Waals surface area contributed by atoms with Crippen LogP contribution in [0.4, 0.5) is 0 Å². The maximum Gasteiger partial charge on any atom is 0.241 e. The Morgan fingerprint density at radius 1 is 0.750 bits per heavy atom. The predicted octanol–water partition coefficient (Wildman–Crippen LogP) is 2.68. The summed E-state index contributed by atoms with van der Waals surface area (Å²) in [4.78, 5) is 0. The van der Waals surface area contributed by atoms with Crippen molar-refractivity contribution in [2.45, 2.75) is 12.8 Å². The Balaban J connectivity index is 1.92. The number of rotatable bonds is 4. The fourth-order valence-electron chi connectivity index (χ4n) is 3.94. The van der Waals surface area contributed by atoms with Crippen LogP contribution in [0.15, 0.2) is 78.9 Å². The topological polar surface area (TPSA) is 9.23 Å². The van der Waals surface area contributed by atoms with Gasteiger partial charge in [0, 0.05) is 12.5 Å². The van der Waals surface area contributed by atoms with E-state index in [-0.39, 0.29) is 0 Å². The molecule has 24 heavy (non-hydrogen) atoms. The smallest absolute Gasteiger partial charge is 0.241 e. The Hall–Kier alpha value is -2.32. The van der Waals surface area contributed by atoms with Gasteiger partial charge in [0.05, 0.1) is 6.61 Å². The van der Waals surface area contributed by atoms with E-state index < -0.39 is 0 Å². The molecule has 2 heteroatoms. The van der Waals surface area contributed by atoms with Crippen LogP contribution < -0.4 is 16.4 Å². The molecule has 3 aromatic carbocycles. The van der Waals surface area contributed by atoms with E-state index in [0.717, 1.165) is 13.2 Å². The first-order valence-corrected chi connectivity index (χ1v) is 8.70. The SMILES string of the molecule is CCOCC1c2ccccc2B(c2ccccc2)c2ccccc21. The molecule has 0 saturated heterocycles. The van der Waals surface area contributed by atoms with Crippen LogP contribution in [-0.4, -0.2) is 19.9 Å². The molecule has 4 rings (SSSR count). The molecule has 0 N–H and O–H groups in total. The number of ether oxygens (including phenoxy) is 1. The number of fused-ring (bicyclic) bond motifs is 2. The minimum Gasteiger partial charge on any atom is -0.381 e. The van der Waals surface area contributed by atoms with Crippen molar-refractivity contribution in [3.05, 3.63) is 90.0 Å². The van der Waals surface area contributed by atoms with Gasteiger partial charge in [-0.3, -0.25) is 0 Å². The minimum absolute atomic E-state index is 0.302. The second-order valence-corrected chi connectivity index (χ2v) is 6.31. The first-order chi connectivity index (χ1) is 11.9. The van der Waals surface area contributed by atoms with Crippen molar-refractivity contribution in [2.24, 2.45) is 0 Å². The molecule has 1 nitrogen and oxygen atoms in total. The van der Waals surface area contributed by atoms with Crippen LogP contribution in [0.3, 0.4) is 0 Å². The van der Waals surface area contributed by atoms with Crippen LogP contribution >= 0.6 is 0 Å². The number of hydrogen-bond donors (Lipinski definition) is 0. The molecule has 118 valence electrons. The molecule has 0 bridgehead atoms. The molecule has 0 unspecified atom stereocenters. The summed E-state index contributed by atoms with van der Waals surface area (Å²) in [5.41, 5.74) is 6.98. The van der Waals surface area contributed by atoms with Crippen molar-refractivity contribution in [3.63, 3.8) is 0 Å². The van der Waals surface area contributed by atoms with Gasteiger partial charge in [-0.15, -0.1) is 0 Å². The largest absolute Gasteiger partial charge is 0.381 e. The number of hydrogen-bond acceptors (Lipinski definition) is 1. The Kier molecular flexibility index (Phi) is 4.23. The van der Waals surface area contributed by atoms with Crippen molar-refractivity contribution in [3.8, 4) is 0 Å². The van der Waals surface area contributed by atoms with E-state index in [1.807, 2.05) is 0 Å². The first-order valence-electron chi connectivity index (χ1n) is 8.70. The van der Waals surface area contributed by atoms with Gasteiger partial charge in [0.1, 0.15) is 0 Å². The Labute approximate surface area is 144 Å². The van der Waals surface area contributed by atoms with E-state index in [9.17, 15) is 0 Å². The monoisotopic (exact) mass is 312 g/mol. The molecule has 0 saturated carbocycles. The summed E-state index contributed by atoms with van der Waals surface area (Å²) in [5, 5.41) is 0. The van der Waals surface area contributed by atoms with E-state index >= 15 is 0 Å². The Morgan fingerprint density at radius 2 is 1.29 bits per heavy atom. The highest BCUT2D eigenvalue weighted by atomic mass is 16.5. The highest BCUT2D eigenvalue weighted by molar-refractivity contribution is 6.96. The van der Waals surface area contributed by atoms with E-state index in [4.69, 9.17) is 4.74 Å². The normalized spacial score (nSPS) is 13.5. The van der Waals surface area contributed by atoms with Crippen molar-refractivity contribution >= 4 is 23.1 Å². The molecule has 1 aliphatic rings. The van der Waals surface area contributed by atoms with E-state index in [0.29, 0.717) is 12.6 Å². The Bertz CT molecular complexity index is 781. The molecule has 0 amide bonds. The van der Waals surface area contributed by atoms with Crippen LogP contribution in [0.1, 0.15) is 24.0 Å². The second kappa shape index (κ2) is 6.66. The summed E-state index contributed by atoms with van der Waals surface area (Å²) in [6.45, 7) is 3.86. The van der Waals surface area contributed by atoms with Crippen molar-refractivity contribution in [2.75, 3.05) is 13.2 Å². The third-order valence-corrected chi connectivity index (χ3v) is 4.99. The van der Waals surface area contributed by atoms with Gasteiger partial charge in [-0.2, -0.15) is 0 Å². The van der Waals surface area contributed by atoms with Crippen LogP contribution in [0, 0.1) is 0 Å². The van der Waals surface area contributed by atoms with Crippen molar-refractivity contribution in [1.29, 1.82) is 0 Å². The maximum absolute atomic E-state index is 5.83. The van der Waals surface area contributed by atoms with Gasteiger partial charge >= 0.3 is 0 Å². The van der Waals surface area contributed by atoms with Gasteiger partial charge < -0.3 is 4.74 Å². The third kappa shape index (κ3) is 2.57. The summed E-state index contributed by atoms with van der Waals surface area (Å²) >= 11 is 0. The molecule has 0 aliphatic carbocycles. The zero-order chi connectivity index (χ0) is 16.4. The zero-order valence-corrected chi connectivity index (χ0v) is 14.0. The van der Waals surface area contributed by atoms with Crippen LogP contribution in [0.2, 0.25) is 0 Å². The van der Waals surface area contributed by atoms with Gasteiger partial charge in [-0.25, -0.2) is 0 Å². The highest BCUT2D eigenvalue weighted by Crippen LogP contribution is 2.27. The molecule has 1 heterocycles. The summed E-state index contributed by atoms with van der Waals surface area (Å²) in [6, 6.07) is 28.5. The van der Waals surface area contributed by atoms with E-state index in [1.54, 1.807) is 0 Å². The molecular weight excluding hydrogens is 291 g/mol. The number of benzene rings is 3. The van der Waals surface area contributed by atoms with Gasteiger partial charge in [0.15, 0.2) is 0 Å². The average Bonchev–Trinajstić information content (AvgIpc) is 2.66. The third-order valence-electron chi connectivity index (χ3n) is 4.99. The maximum atomic E-state index is 5.83. The molecule has 3 aromatic rings. The van der Waals surface area contributed by atoms with E-state index in [2.05, 4.69) is 85.8 Å². The lowest BCUT2D eigenvalue weighted by Crippen LogP contribution is -2.58. The summed E-state index contributed by atoms with van der Waals surface area (Å²) in [5.74, 6) is 0.317. The minimum atomic E-state index is 0.302. The molecule has 0 aromatic heterocycles. The van der Waals surface area contributed by atoms with Crippen LogP contribution in [-0.2, 0) is 4.74 Å². The molecule has 0 atom stereocenters. The van der Waals surface area contributed by atoms with E-state index in [1.165, 1.54) is 27.5 Å². The average molecular weight is 312 g/mol. The highest BCUT2D eigenvalue weighted by Gasteiger charge is 2.34. The zero-order valence-electron chi connectivity index (χ0n) is 14.0. The lowest BCUT2D eigenvalue weighted by molar-refractivity contribution is 0.140. The van der Waals surface area contributed by atoms with Gasteiger partial charge in [0.25, 0.3) is 0 Å². The van der Waals surface area contributed by atoms with Crippen LogP contribution in [0.25, 0.3) is 0 Å². The fraction of sp³-hybridized carbons (Fsp3) is 0.182. The summed E-state index contributed by atoms with van der Waals surface area (Å²) < 4.78 is 5.83. The second-order valence-electron chi connectivity index (χ2n) is 6.31. The lowest BCUT2D eigenvalue weighted by atomic mass is 9.33. The quantitative estimate of drug-likeness (QED) is 0.673. The molecule has 0 fully saturated rings. The fourth-order valence-corrected chi connectivity index (χ4v) is 3.94. The van der Waals surface area contributed by atoms with Crippen molar-refractivity contribution < 1.29 is 4.74 Å². The first kappa shape index (κ1) is 15.2. The molecule has 1 aliphatic heterocycles. The lowest BCUT2D eigenvalue weighted by Gasteiger charge is -2.33. The van der Waals surface area contributed by atoms with Gasteiger partial charge in [-0.05, 0) is 18.1 Å².